The van der Waals surface area contributed by atoms with Gasteiger partial charge in [0.1, 0.15) is 11.5 Å². The normalized spacial score (nSPS) is 20.3. The Labute approximate surface area is 352 Å². The molecule has 60 heavy (non-hydrogen) atoms. The number of unbranched alkanes of at least 4 members (excludes halogenated alkanes) is 3. The third kappa shape index (κ3) is 9.39. The minimum atomic E-state index is -0.0574. The second-order valence-corrected chi connectivity index (χ2v) is 16.2. The van der Waals surface area contributed by atoms with Crippen LogP contribution in [0.15, 0.2) is 178 Å². The van der Waals surface area contributed by atoms with Crippen LogP contribution in [0.25, 0.3) is 21.5 Å². The number of carbonyl (C=O) groups is 2. The Kier molecular flexibility index (Phi) is 12.9. The second-order valence-electron chi connectivity index (χ2n) is 16.2. The highest BCUT2D eigenvalue weighted by Gasteiger charge is 2.34. The smallest absolute Gasteiger partial charge is 0.168 e. The Morgan fingerprint density at radius 1 is 0.450 bits per heavy atom. The summed E-state index contributed by atoms with van der Waals surface area (Å²) < 4.78 is 0. The lowest BCUT2D eigenvalue weighted by atomic mass is 9.78. The molecular formula is C54H52N2O4. The first kappa shape index (κ1) is 40.4. The van der Waals surface area contributed by atoms with Gasteiger partial charge >= 0.3 is 0 Å². The molecule has 0 amide bonds. The summed E-state index contributed by atoms with van der Waals surface area (Å²) in [4.78, 5) is 37.6. The number of benzene rings is 6. The molecule has 2 aliphatic rings. The van der Waals surface area contributed by atoms with Gasteiger partial charge in [0.05, 0.1) is 11.1 Å². The van der Waals surface area contributed by atoms with Gasteiger partial charge in [-0.1, -0.05) is 158 Å². The SMILES string of the molecule is O=C1CC(c2ccccc2)CC(=NCCCCCCN=C2CC(c3ccccc3)CC(=O)C2=C(O)Cc2cccc3ccccc23)C1=C(O)Cc1cccc2ccccc12. The Hall–Kier alpha value is -6.40. The van der Waals surface area contributed by atoms with Gasteiger partial charge in [0.2, 0.25) is 0 Å². The van der Waals surface area contributed by atoms with E-state index in [0.717, 1.165) is 69.5 Å². The first-order chi connectivity index (χ1) is 29.4. The van der Waals surface area contributed by atoms with E-state index in [0.29, 0.717) is 61.3 Å². The van der Waals surface area contributed by atoms with E-state index in [4.69, 9.17) is 9.98 Å². The lowest BCUT2D eigenvalue weighted by molar-refractivity contribution is -0.116. The molecule has 2 fully saturated rings. The standard InChI is InChI=1S/C54H52N2O4/c57-49(33-41-25-15-23-39-21-9-11-27-45(39)41)53-47(31-43(35-51(53)59)37-17-5-3-6-18-37)55-29-13-1-2-14-30-56-48-32-44(38-19-7-4-8-20-38)36-52(60)54(48)50(58)34-42-26-16-24-40-22-10-12-28-46(40)42/h3-12,15-28,43-44,57-58H,1-2,13-14,29-36H2. The molecule has 6 heteroatoms. The van der Waals surface area contributed by atoms with E-state index >= 15 is 0 Å². The number of carbonyl (C=O) groups excluding carboxylic acids is 2. The van der Waals surface area contributed by atoms with Crippen LogP contribution < -0.4 is 0 Å². The molecule has 0 saturated heterocycles. The van der Waals surface area contributed by atoms with Gasteiger partial charge in [-0.25, -0.2) is 0 Å². The van der Waals surface area contributed by atoms with Crippen LogP contribution in [0, 0.1) is 0 Å². The van der Waals surface area contributed by atoms with Crippen molar-refractivity contribution in [3.05, 3.63) is 191 Å². The molecule has 8 rings (SSSR count). The molecule has 0 aromatic heterocycles. The van der Waals surface area contributed by atoms with Crippen molar-refractivity contribution in [3.8, 4) is 0 Å². The molecule has 302 valence electrons. The van der Waals surface area contributed by atoms with E-state index in [2.05, 4.69) is 60.7 Å². The fourth-order valence-corrected chi connectivity index (χ4v) is 9.09. The molecule has 0 radical (unpaired) electrons. The number of aliphatic hydroxyl groups excluding tert-OH is 2. The molecule has 2 aliphatic carbocycles. The first-order valence-electron chi connectivity index (χ1n) is 21.4. The number of rotatable bonds is 13. The van der Waals surface area contributed by atoms with Crippen LogP contribution in [0.2, 0.25) is 0 Å². The zero-order valence-corrected chi connectivity index (χ0v) is 34.1. The van der Waals surface area contributed by atoms with E-state index in [9.17, 15) is 19.8 Å². The summed E-state index contributed by atoms with van der Waals surface area (Å²) >= 11 is 0. The Bertz CT molecular complexity index is 2430. The van der Waals surface area contributed by atoms with Gasteiger partial charge in [-0.05, 0) is 81.3 Å². The molecule has 0 aliphatic heterocycles. The number of hydrogen-bond donors (Lipinski definition) is 2. The summed E-state index contributed by atoms with van der Waals surface area (Å²) in [5.41, 5.74) is 6.35. The van der Waals surface area contributed by atoms with Gasteiger partial charge < -0.3 is 10.2 Å². The first-order valence-corrected chi connectivity index (χ1v) is 21.4. The van der Waals surface area contributed by atoms with Crippen LogP contribution in [-0.4, -0.2) is 46.3 Å². The topological polar surface area (TPSA) is 99.3 Å². The van der Waals surface area contributed by atoms with Crippen LogP contribution >= 0.6 is 0 Å². The van der Waals surface area contributed by atoms with E-state index in [1.165, 1.54) is 0 Å². The monoisotopic (exact) mass is 792 g/mol. The average Bonchev–Trinajstić information content (AvgIpc) is 3.27. The summed E-state index contributed by atoms with van der Waals surface area (Å²) in [6.07, 6.45) is 5.98. The van der Waals surface area contributed by atoms with E-state index < -0.39 is 0 Å². The van der Waals surface area contributed by atoms with Gasteiger partial charge in [0.15, 0.2) is 11.6 Å². The van der Waals surface area contributed by atoms with Crippen molar-refractivity contribution in [1.82, 2.24) is 0 Å². The number of fused-ring (bicyclic) bond motifs is 2. The van der Waals surface area contributed by atoms with Crippen LogP contribution in [0.5, 0.6) is 0 Å². The van der Waals surface area contributed by atoms with Crippen molar-refractivity contribution >= 4 is 44.5 Å². The van der Waals surface area contributed by atoms with Crippen molar-refractivity contribution in [3.63, 3.8) is 0 Å². The van der Waals surface area contributed by atoms with E-state index in [-0.39, 0.29) is 47.8 Å². The predicted octanol–water partition coefficient (Wildman–Crippen LogP) is 12.1. The number of nitrogens with zero attached hydrogens (tertiary/aromatic N) is 2. The van der Waals surface area contributed by atoms with Gasteiger partial charge in [0.25, 0.3) is 0 Å². The lowest BCUT2D eigenvalue weighted by Crippen LogP contribution is -2.27. The zero-order chi connectivity index (χ0) is 41.3. The molecule has 2 N–H and O–H groups in total. The van der Waals surface area contributed by atoms with Crippen molar-refractivity contribution in [2.24, 2.45) is 9.98 Å². The third-order valence-corrected chi connectivity index (χ3v) is 12.1. The minimum absolute atomic E-state index is 0.0178. The van der Waals surface area contributed by atoms with Gasteiger partial charge in [-0.3, -0.25) is 19.6 Å². The van der Waals surface area contributed by atoms with Crippen LogP contribution in [-0.2, 0) is 22.4 Å². The van der Waals surface area contributed by atoms with E-state index in [1.54, 1.807) is 0 Å². The summed E-state index contributed by atoms with van der Waals surface area (Å²) in [6, 6.07) is 48.6. The fourth-order valence-electron chi connectivity index (χ4n) is 9.09. The van der Waals surface area contributed by atoms with Gasteiger partial charge in [0, 0.05) is 50.2 Å². The van der Waals surface area contributed by atoms with Crippen molar-refractivity contribution < 1.29 is 19.8 Å². The molecule has 2 unspecified atom stereocenters. The van der Waals surface area contributed by atoms with Crippen LogP contribution in [0.4, 0.5) is 0 Å². The maximum Gasteiger partial charge on any atom is 0.168 e. The summed E-state index contributed by atoms with van der Waals surface area (Å²) in [5, 5.41) is 27.5. The van der Waals surface area contributed by atoms with E-state index in [1.807, 2.05) is 84.9 Å². The highest BCUT2D eigenvalue weighted by atomic mass is 16.3. The Morgan fingerprint density at radius 3 is 1.27 bits per heavy atom. The molecule has 0 bridgehead atoms. The summed E-state index contributed by atoms with van der Waals surface area (Å²) in [6.45, 7) is 1.12. The predicted molar refractivity (Wildman–Crippen MR) is 245 cm³/mol. The number of aliphatic hydroxyl groups is 2. The second kappa shape index (κ2) is 19.1. The number of hydrogen-bond acceptors (Lipinski definition) is 6. The number of ketones is 2. The number of aliphatic imine (C=N–C) groups is 2. The molecule has 2 saturated carbocycles. The Morgan fingerprint density at radius 2 is 0.833 bits per heavy atom. The van der Waals surface area contributed by atoms with Crippen molar-refractivity contribution in [2.45, 2.75) is 76.0 Å². The maximum absolute atomic E-state index is 13.8. The number of Topliss-reactive ketones (excluding diaryl/α,β-unsaturated/α-hetero) is 2. The summed E-state index contributed by atoms with van der Waals surface area (Å²) in [5.74, 6) is 0.102. The quantitative estimate of drug-likeness (QED) is 0.0691. The zero-order valence-electron chi connectivity index (χ0n) is 34.1. The van der Waals surface area contributed by atoms with Gasteiger partial charge in [-0.15, -0.1) is 0 Å². The molecule has 0 spiro atoms. The fraction of sp³-hybridized carbons (Fsp3) is 0.259. The minimum Gasteiger partial charge on any atom is -0.511 e. The molecule has 6 aromatic carbocycles. The summed E-state index contributed by atoms with van der Waals surface area (Å²) in [7, 11) is 0. The lowest BCUT2D eigenvalue weighted by Gasteiger charge is -2.26. The maximum atomic E-state index is 13.8. The highest BCUT2D eigenvalue weighted by molar-refractivity contribution is 6.25. The highest BCUT2D eigenvalue weighted by Crippen LogP contribution is 2.36. The van der Waals surface area contributed by atoms with Crippen LogP contribution in [0.3, 0.4) is 0 Å². The third-order valence-electron chi connectivity index (χ3n) is 12.1. The number of allylic oxidation sites excluding steroid dienone is 4. The largest absolute Gasteiger partial charge is 0.511 e. The molecule has 2 atom stereocenters. The molecular weight excluding hydrogens is 741 g/mol. The van der Waals surface area contributed by atoms with Gasteiger partial charge in [-0.2, -0.15) is 0 Å². The molecule has 6 aromatic rings. The van der Waals surface area contributed by atoms with Crippen LogP contribution in [0.1, 0.15) is 85.5 Å². The Balaban J connectivity index is 0.948. The molecule has 6 nitrogen and oxygen atoms in total. The van der Waals surface area contributed by atoms with Crippen molar-refractivity contribution in [1.29, 1.82) is 0 Å². The molecule has 0 heterocycles. The van der Waals surface area contributed by atoms with Crippen molar-refractivity contribution in [2.75, 3.05) is 13.1 Å². The average molecular weight is 793 g/mol.